The number of carbonyl (C=O) groups is 1. The largest absolute Gasteiger partial charge is 0.474 e. The lowest BCUT2D eigenvalue weighted by Gasteiger charge is -2.30. The Hall–Kier alpha value is -2.90. The number of nitrogens with zero attached hydrogens (tertiary/aromatic N) is 4. The van der Waals surface area contributed by atoms with E-state index in [0.29, 0.717) is 37.6 Å². The van der Waals surface area contributed by atoms with Gasteiger partial charge in [0.1, 0.15) is 18.2 Å². The number of pyridine rings is 1. The van der Waals surface area contributed by atoms with Crippen LogP contribution in [0.5, 0.6) is 5.88 Å². The van der Waals surface area contributed by atoms with E-state index in [2.05, 4.69) is 20.3 Å². The van der Waals surface area contributed by atoms with Crippen LogP contribution in [0.25, 0.3) is 0 Å². The molecule has 26 heavy (non-hydrogen) atoms. The van der Waals surface area contributed by atoms with E-state index < -0.39 is 6.09 Å². The molecule has 0 unspecified atom stereocenters. The number of aryl methyl sites for hydroxylation is 2. The molecule has 1 amide bonds. The first-order valence-corrected chi connectivity index (χ1v) is 8.61. The second-order valence-electron chi connectivity index (χ2n) is 6.45. The highest BCUT2D eigenvalue weighted by atomic mass is 16.5. The van der Waals surface area contributed by atoms with Crippen LogP contribution in [0.2, 0.25) is 0 Å². The fourth-order valence-corrected chi connectivity index (χ4v) is 2.95. The maximum absolute atomic E-state index is 11.0. The van der Waals surface area contributed by atoms with Crippen molar-refractivity contribution in [3.8, 4) is 5.88 Å². The van der Waals surface area contributed by atoms with Crippen LogP contribution in [-0.4, -0.2) is 50.2 Å². The Morgan fingerprint density at radius 3 is 2.62 bits per heavy atom. The molecular weight excluding hydrogens is 334 g/mol. The Labute approximate surface area is 152 Å². The average Bonchev–Trinajstić information content (AvgIpc) is 2.61. The predicted molar refractivity (Wildman–Crippen MR) is 97.0 cm³/mol. The number of likely N-dealkylation sites (tertiary alicyclic amines) is 1. The molecule has 138 valence electrons. The maximum Gasteiger partial charge on any atom is 0.407 e. The van der Waals surface area contributed by atoms with Crippen molar-refractivity contribution in [2.24, 2.45) is 0 Å². The van der Waals surface area contributed by atoms with Crippen LogP contribution < -0.4 is 10.1 Å². The van der Waals surface area contributed by atoms with Crippen molar-refractivity contribution < 1.29 is 14.6 Å². The summed E-state index contributed by atoms with van der Waals surface area (Å²) in [6.07, 6.45) is 1.84. The van der Waals surface area contributed by atoms with E-state index in [1.165, 1.54) is 11.2 Å². The van der Waals surface area contributed by atoms with Crippen LogP contribution in [-0.2, 0) is 0 Å². The highest BCUT2D eigenvalue weighted by molar-refractivity contribution is 5.65. The van der Waals surface area contributed by atoms with Gasteiger partial charge in [0.25, 0.3) is 0 Å². The van der Waals surface area contributed by atoms with Crippen molar-refractivity contribution in [1.82, 2.24) is 19.9 Å². The third-order valence-electron chi connectivity index (χ3n) is 4.51. The van der Waals surface area contributed by atoms with E-state index in [9.17, 15) is 4.79 Å². The van der Waals surface area contributed by atoms with Gasteiger partial charge in [-0.05, 0) is 32.9 Å². The van der Waals surface area contributed by atoms with Crippen molar-refractivity contribution in [1.29, 1.82) is 0 Å². The Morgan fingerprint density at radius 2 is 1.96 bits per heavy atom. The van der Waals surface area contributed by atoms with Gasteiger partial charge in [-0.25, -0.2) is 14.8 Å². The Balaban J connectivity index is 1.70. The molecule has 1 aliphatic heterocycles. The van der Waals surface area contributed by atoms with E-state index in [4.69, 9.17) is 9.84 Å². The van der Waals surface area contributed by atoms with E-state index in [0.717, 1.165) is 22.6 Å². The number of anilines is 2. The monoisotopic (exact) mass is 357 g/mol. The predicted octanol–water partition coefficient (Wildman–Crippen LogP) is 3.06. The standard InChI is InChI=1S/C18H23N5O3/c1-11-4-5-15(13(3)21-11)22-16-12(2)17(20-10-19-16)26-14-6-8-23(9-7-14)18(24)25/h4-5,10,14H,6-9H2,1-3H3,(H,24,25)(H,19,20,22). The third-order valence-corrected chi connectivity index (χ3v) is 4.51. The zero-order valence-electron chi connectivity index (χ0n) is 15.2. The number of ether oxygens (including phenoxy) is 1. The van der Waals surface area contributed by atoms with E-state index in [1.807, 2.05) is 32.9 Å². The zero-order chi connectivity index (χ0) is 18.7. The lowest BCUT2D eigenvalue weighted by atomic mass is 10.1. The van der Waals surface area contributed by atoms with Gasteiger partial charge in [-0.15, -0.1) is 0 Å². The molecule has 0 aromatic carbocycles. The minimum absolute atomic E-state index is 0.0465. The minimum Gasteiger partial charge on any atom is -0.474 e. The van der Waals surface area contributed by atoms with Gasteiger partial charge >= 0.3 is 6.09 Å². The van der Waals surface area contributed by atoms with Crippen molar-refractivity contribution >= 4 is 17.6 Å². The second-order valence-corrected chi connectivity index (χ2v) is 6.45. The number of hydrogen-bond acceptors (Lipinski definition) is 6. The molecule has 2 aromatic heterocycles. The molecule has 0 radical (unpaired) electrons. The molecule has 3 heterocycles. The maximum atomic E-state index is 11.0. The van der Waals surface area contributed by atoms with Crippen LogP contribution in [0.3, 0.4) is 0 Å². The van der Waals surface area contributed by atoms with Gasteiger partial charge in [0.05, 0.1) is 16.9 Å². The molecule has 0 atom stereocenters. The summed E-state index contributed by atoms with van der Waals surface area (Å²) in [6, 6.07) is 3.92. The molecule has 0 aliphatic carbocycles. The van der Waals surface area contributed by atoms with Gasteiger partial charge < -0.3 is 20.1 Å². The smallest absolute Gasteiger partial charge is 0.407 e. The van der Waals surface area contributed by atoms with Gasteiger partial charge in [-0.3, -0.25) is 4.98 Å². The minimum atomic E-state index is -0.879. The molecule has 0 bridgehead atoms. The number of carboxylic acid groups (broad SMARTS) is 1. The van der Waals surface area contributed by atoms with Crippen molar-refractivity contribution in [3.05, 3.63) is 35.4 Å². The number of amides is 1. The molecule has 8 heteroatoms. The lowest BCUT2D eigenvalue weighted by Crippen LogP contribution is -2.41. The van der Waals surface area contributed by atoms with Crippen molar-refractivity contribution in [3.63, 3.8) is 0 Å². The van der Waals surface area contributed by atoms with Crippen LogP contribution in [0.15, 0.2) is 18.5 Å². The molecule has 1 aliphatic rings. The highest BCUT2D eigenvalue weighted by Crippen LogP contribution is 2.27. The van der Waals surface area contributed by atoms with Gasteiger partial charge in [0, 0.05) is 31.6 Å². The van der Waals surface area contributed by atoms with E-state index in [1.54, 1.807) is 0 Å². The summed E-state index contributed by atoms with van der Waals surface area (Å²) in [6.45, 7) is 6.75. The Bertz CT molecular complexity index is 803. The number of hydrogen-bond donors (Lipinski definition) is 2. The van der Waals surface area contributed by atoms with Crippen LogP contribution in [0.1, 0.15) is 29.8 Å². The highest BCUT2D eigenvalue weighted by Gasteiger charge is 2.24. The average molecular weight is 357 g/mol. The lowest BCUT2D eigenvalue weighted by molar-refractivity contribution is 0.0866. The van der Waals surface area contributed by atoms with E-state index >= 15 is 0 Å². The normalized spacial score (nSPS) is 15.0. The van der Waals surface area contributed by atoms with Crippen LogP contribution in [0, 0.1) is 20.8 Å². The third kappa shape index (κ3) is 4.01. The molecular formula is C18H23N5O3. The summed E-state index contributed by atoms with van der Waals surface area (Å²) in [4.78, 5) is 25.4. The molecule has 1 fully saturated rings. The van der Waals surface area contributed by atoms with Crippen LogP contribution in [0.4, 0.5) is 16.3 Å². The number of nitrogens with one attached hydrogen (secondary N) is 1. The fourth-order valence-electron chi connectivity index (χ4n) is 2.95. The zero-order valence-corrected chi connectivity index (χ0v) is 15.2. The molecule has 2 N–H and O–H groups in total. The first-order chi connectivity index (χ1) is 12.4. The molecule has 1 saturated heterocycles. The molecule has 2 aromatic rings. The summed E-state index contributed by atoms with van der Waals surface area (Å²) in [5.41, 5.74) is 3.56. The fraction of sp³-hybridized carbons (Fsp3) is 0.444. The molecule has 0 spiro atoms. The summed E-state index contributed by atoms with van der Waals surface area (Å²) >= 11 is 0. The number of piperidine rings is 1. The summed E-state index contributed by atoms with van der Waals surface area (Å²) in [7, 11) is 0. The van der Waals surface area contributed by atoms with Crippen molar-refractivity contribution in [2.75, 3.05) is 18.4 Å². The number of aromatic nitrogens is 3. The topological polar surface area (TPSA) is 100 Å². The van der Waals surface area contributed by atoms with Crippen LogP contribution >= 0.6 is 0 Å². The van der Waals surface area contributed by atoms with Gasteiger partial charge in [-0.1, -0.05) is 0 Å². The van der Waals surface area contributed by atoms with Crippen molar-refractivity contribution in [2.45, 2.75) is 39.7 Å². The quantitative estimate of drug-likeness (QED) is 0.867. The molecule has 3 rings (SSSR count). The Kier molecular flexibility index (Phi) is 5.20. The second kappa shape index (κ2) is 7.55. The first kappa shape index (κ1) is 17.9. The summed E-state index contributed by atoms with van der Waals surface area (Å²) < 4.78 is 6.02. The summed E-state index contributed by atoms with van der Waals surface area (Å²) in [5, 5.41) is 12.3. The van der Waals surface area contributed by atoms with Gasteiger partial charge in [0.15, 0.2) is 0 Å². The van der Waals surface area contributed by atoms with Gasteiger partial charge in [0.2, 0.25) is 5.88 Å². The summed E-state index contributed by atoms with van der Waals surface area (Å²) in [5.74, 6) is 1.20. The Morgan fingerprint density at radius 1 is 1.23 bits per heavy atom. The SMILES string of the molecule is Cc1ccc(Nc2ncnc(OC3CCN(C(=O)O)CC3)c2C)c(C)n1. The molecule has 0 saturated carbocycles. The first-order valence-electron chi connectivity index (χ1n) is 8.61. The number of rotatable bonds is 4. The molecule has 8 nitrogen and oxygen atoms in total. The van der Waals surface area contributed by atoms with E-state index in [-0.39, 0.29) is 6.10 Å². The van der Waals surface area contributed by atoms with Gasteiger partial charge in [-0.2, -0.15) is 0 Å².